The van der Waals surface area contributed by atoms with Crippen molar-refractivity contribution in [1.82, 2.24) is 10.0 Å². The summed E-state index contributed by atoms with van der Waals surface area (Å²) in [5.74, 6) is -0.265. The highest BCUT2D eigenvalue weighted by Crippen LogP contribution is 2.24. The van der Waals surface area contributed by atoms with Crippen molar-refractivity contribution < 1.29 is 13.2 Å². The number of hydrogen-bond donors (Lipinski definition) is 3. The minimum Gasteiger partial charge on any atom is -0.353 e. The second-order valence-electron chi connectivity index (χ2n) is 4.52. The standard InChI is InChI=1S/C11H18ClN3O3S2/c1-7(2)10(13)11(16)14-5-6-15-20(17,18)9-4-3-8(12)19-9/h3-4,7,10,15H,5-6,13H2,1-2H3,(H,14,16)/t10-/m0/s1. The summed E-state index contributed by atoms with van der Waals surface area (Å²) < 4.78 is 26.6. The van der Waals surface area contributed by atoms with Crippen LogP contribution in [0.3, 0.4) is 0 Å². The predicted octanol–water partition coefficient (Wildman–Crippen LogP) is 0.779. The van der Waals surface area contributed by atoms with Crippen LogP contribution in [0, 0.1) is 5.92 Å². The number of thiophene rings is 1. The first-order chi connectivity index (χ1) is 9.24. The summed E-state index contributed by atoms with van der Waals surface area (Å²) in [6, 6.07) is 2.36. The second-order valence-corrected chi connectivity index (χ2v) is 8.23. The number of nitrogens with one attached hydrogen (secondary N) is 2. The Balaban J connectivity index is 2.40. The van der Waals surface area contributed by atoms with E-state index in [9.17, 15) is 13.2 Å². The molecule has 0 bridgehead atoms. The summed E-state index contributed by atoms with van der Waals surface area (Å²) in [5, 5.41) is 2.58. The van der Waals surface area contributed by atoms with Crippen LogP contribution in [0.2, 0.25) is 4.34 Å². The van der Waals surface area contributed by atoms with Gasteiger partial charge in [0, 0.05) is 13.1 Å². The van der Waals surface area contributed by atoms with E-state index in [4.69, 9.17) is 17.3 Å². The largest absolute Gasteiger partial charge is 0.353 e. The maximum atomic E-state index is 11.8. The van der Waals surface area contributed by atoms with Gasteiger partial charge in [0.05, 0.1) is 10.4 Å². The van der Waals surface area contributed by atoms with Crippen molar-refractivity contribution in [3.63, 3.8) is 0 Å². The van der Waals surface area contributed by atoms with Gasteiger partial charge in [-0.25, -0.2) is 13.1 Å². The Kier molecular flexibility index (Phi) is 6.41. The van der Waals surface area contributed by atoms with E-state index in [-0.39, 0.29) is 29.1 Å². The molecule has 0 aliphatic heterocycles. The normalized spacial score (nSPS) is 13.4. The van der Waals surface area contributed by atoms with Crippen LogP contribution in [-0.4, -0.2) is 33.5 Å². The lowest BCUT2D eigenvalue weighted by atomic mass is 10.1. The third kappa shape index (κ3) is 5.02. The van der Waals surface area contributed by atoms with E-state index in [0.717, 1.165) is 11.3 Å². The number of halogens is 1. The highest BCUT2D eigenvalue weighted by Gasteiger charge is 2.18. The summed E-state index contributed by atoms with van der Waals surface area (Å²) in [7, 11) is -3.57. The van der Waals surface area contributed by atoms with E-state index in [1.165, 1.54) is 12.1 Å². The molecule has 1 aromatic rings. The Hall–Kier alpha value is -0.670. The molecule has 114 valence electrons. The van der Waals surface area contributed by atoms with Crippen LogP contribution in [0.5, 0.6) is 0 Å². The molecular formula is C11H18ClN3O3S2. The lowest BCUT2D eigenvalue weighted by Crippen LogP contribution is -2.46. The topological polar surface area (TPSA) is 101 Å². The molecule has 1 rings (SSSR count). The van der Waals surface area contributed by atoms with Crippen molar-refractivity contribution in [2.75, 3.05) is 13.1 Å². The van der Waals surface area contributed by atoms with Crippen LogP contribution in [0.1, 0.15) is 13.8 Å². The summed E-state index contributed by atoms with van der Waals surface area (Å²) >= 11 is 6.66. The van der Waals surface area contributed by atoms with E-state index >= 15 is 0 Å². The lowest BCUT2D eigenvalue weighted by molar-refractivity contribution is -0.123. The van der Waals surface area contributed by atoms with Crippen molar-refractivity contribution >= 4 is 38.9 Å². The SMILES string of the molecule is CC(C)[C@H](N)C(=O)NCCNS(=O)(=O)c1ccc(Cl)s1. The summed E-state index contributed by atoms with van der Waals surface area (Å²) in [4.78, 5) is 11.6. The van der Waals surface area contributed by atoms with Crippen molar-refractivity contribution in [1.29, 1.82) is 0 Å². The van der Waals surface area contributed by atoms with E-state index in [2.05, 4.69) is 10.0 Å². The van der Waals surface area contributed by atoms with Gasteiger partial charge in [-0.1, -0.05) is 25.4 Å². The molecule has 0 aromatic carbocycles. The van der Waals surface area contributed by atoms with Gasteiger partial charge in [0.2, 0.25) is 15.9 Å². The first kappa shape index (κ1) is 17.4. The summed E-state index contributed by atoms with van der Waals surface area (Å²) in [6.07, 6.45) is 0. The molecule has 0 saturated carbocycles. The van der Waals surface area contributed by atoms with E-state index in [0.29, 0.717) is 4.34 Å². The second kappa shape index (κ2) is 7.37. The Morgan fingerprint density at radius 2 is 2.05 bits per heavy atom. The van der Waals surface area contributed by atoms with Gasteiger partial charge >= 0.3 is 0 Å². The minimum absolute atomic E-state index is 0.0277. The Morgan fingerprint density at radius 3 is 2.55 bits per heavy atom. The maximum absolute atomic E-state index is 11.8. The predicted molar refractivity (Wildman–Crippen MR) is 80.3 cm³/mol. The smallest absolute Gasteiger partial charge is 0.250 e. The van der Waals surface area contributed by atoms with Gasteiger partial charge in [0.25, 0.3) is 0 Å². The molecule has 0 aliphatic rings. The van der Waals surface area contributed by atoms with Gasteiger partial charge in [-0.05, 0) is 18.1 Å². The Morgan fingerprint density at radius 1 is 1.40 bits per heavy atom. The highest BCUT2D eigenvalue weighted by molar-refractivity contribution is 7.91. The molecule has 0 fully saturated rings. The first-order valence-electron chi connectivity index (χ1n) is 6.02. The molecule has 0 spiro atoms. The van der Waals surface area contributed by atoms with Crippen LogP contribution < -0.4 is 15.8 Å². The van der Waals surface area contributed by atoms with Crippen molar-refractivity contribution in [3.8, 4) is 0 Å². The molecule has 0 saturated heterocycles. The molecule has 0 radical (unpaired) electrons. The van der Waals surface area contributed by atoms with Gasteiger partial charge < -0.3 is 11.1 Å². The Labute approximate surface area is 127 Å². The number of carbonyl (C=O) groups is 1. The first-order valence-corrected chi connectivity index (χ1v) is 8.70. The zero-order chi connectivity index (χ0) is 15.3. The van der Waals surface area contributed by atoms with Gasteiger partial charge in [0.1, 0.15) is 4.21 Å². The van der Waals surface area contributed by atoms with Crippen LogP contribution in [0.25, 0.3) is 0 Å². The lowest BCUT2D eigenvalue weighted by Gasteiger charge is -2.15. The third-order valence-corrected chi connectivity index (χ3v) is 5.73. The summed E-state index contributed by atoms with van der Waals surface area (Å²) in [5.41, 5.74) is 5.66. The number of hydrogen-bond acceptors (Lipinski definition) is 5. The van der Waals surface area contributed by atoms with Crippen LogP contribution in [-0.2, 0) is 14.8 Å². The molecule has 20 heavy (non-hydrogen) atoms. The van der Waals surface area contributed by atoms with Crippen LogP contribution in [0.4, 0.5) is 0 Å². The zero-order valence-corrected chi connectivity index (χ0v) is 13.6. The highest BCUT2D eigenvalue weighted by atomic mass is 35.5. The van der Waals surface area contributed by atoms with Gasteiger partial charge in [-0.15, -0.1) is 11.3 Å². The average molecular weight is 340 g/mol. The van der Waals surface area contributed by atoms with Crippen LogP contribution in [0.15, 0.2) is 16.3 Å². The monoisotopic (exact) mass is 339 g/mol. The van der Waals surface area contributed by atoms with E-state index in [1.807, 2.05) is 13.8 Å². The molecule has 1 atom stereocenters. The van der Waals surface area contributed by atoms with Gasteiger partial charge in [-0.3, -0.25) is 4.79 Å². The van der Waals surface area contributed by atoms with E-state index < -0.39 is 16.1 Å². The van der Waals surface area contributed by atoms with Gasteiger partial charge in [-0.2, -0.15) is 0 Å². The molecule has 1 heterocycles. The van der Waals surface area contributed by atoms with Crippen molar-refractivity contribution in [2.45, 2.75) is 24.1 Å². The molecule has 1 amide bonds. The molecule has 0 unspecified atom stereocenters. The molecule has 6 nitrogen and oxygen atoms in total. The fourth-order valence-corrected chi connectivity index (χ4v) is 3.86. The average Bonchev–Trinajstić information content (AvgIpc) is 2.80. The number of rotatable bonds is 7. The molecule has 4 N–H and O–H groups in total. The quantitative estimate of drug-likeness (QED) is 0.639. The molecule has 9 heteroatoms. The minimum atomic E-state index is -3.57. The number of nitrogens with two attached hydrogens (primary N) is 1. The summed E-state index contributed by atoms with van der Waals surface area (Å²) in [6.45, 7) is 3.95. The number of sulfonamides is 1. The number of amides is 1. The molecular weight excluding hydrogens is 322 g/mol. The third-order valence-electron chi connectivity index (χ3n) is 2.55. The van der Waals surface area contributed by atoms with Crippen molar-refractivity contribution in [3.05, 3.63) is 16.5 Å². The molecule has 1 aromatic heterocycles. The maximum Gasteiger partial charge on any atom is 0.250 e. The van der Waals surface area contributed by atoms with Crippen molar-refractivity contribution in [2.24, 2.45) is 11.7 Å². The Bertz CT molecular complexity index is 557. The zero-order valence-electron chi connectivity index (χ0n) is 11.2. The molecule has 0 aliphatic carbocycles. The number of carbonyl (C=O) groups excluding carboxylic acids is 1. The van der Waals surface area contributed by atoms with Crippen LogP contribution >= 0.6 is 22.9 Å². The van der Waals surface area contributed by atoms with E-state index in [1.54, 1.807) is 0 Å². The fraction of sp³-hybridized carbons (Fsp3) is 0.545. The van der Waals surface area contributed by atoms with Gasteiger partial charge in [0.15, 0.2) is 0 Å². The fourth-order valence-electron chi connectivity index (χ4n) is 1.30.